The van der Waals surface area contributed by atoms with Crippen LogP contribution in [-0.2, 0) is 4.79 Å². The Balaban J connectivity index is 1.89. The minimum atomic E-state index is -0.453. The zero-order chi connectivity index (χ0) is 15.9. The molecule has 0 radical (unpaired) electrons. The van der Waals surface area contributed by atoms with E-state index in [1.807, 2.05) is 26.0 Å². The Kier molecular flexibility index (Phi) is 6.29. The molecule has 0 bridgehead atoms. The molecule has 1 aliphatic rings. The molecule has 1 aliphatic carbocycles. The van der Waals surface area contributed by atoms with E-state index < -0.39 is 6.10 Å². The Morgan fingerprint density at radius 3 is 2.45 bits per heavy atom. The SMILES string of the molecule is Cc1cccc(O[C@H](C)C(=O)NC2CCCCCCC2)c1C. The first-order valence-corrected chi connectivity index (χ1v) is 8.61. The van der Waals surface area contributed by atoms with E-state index in [1.54, 1.807) is 0 Å². The summed E-state index contributed by atoms with van der Waals surface area (Å²) < 4.78 is 5.87. The van der Waals surface area contributed by atoms with E-state index >= 15 is 0 Å². The zero-order valence-corrected chi connectivity index (χ0v) is 14.2. The third-order valence-electron chi connectivity index (χ3n) is 4.68. The van der Waals surface area contributed by atoms with Crippen molar-refractivity contribution in [1.82, 2.24) is 5.32 Å². The Bertz CT molecular complexity index is 490. The molecule has 1 atom stereocenters. The summed E-state index contributed by atoms with van der Waals surface area (Å²) in [5, 5.41) is 3.18. The number of hydrogen-bond acceptors (Lipinski definition) is 2. The molecular weight excluding hydrogens is 274 g/mol. The van der Waals surface area contributed by atoms with Gasteiger partial charge in [0.2, 0.25) is 0 Å². The summed E-state index contributed by atoms with van der Waals surface area (Å²) in [5.41, 5.74) is 2.29. The molecule has 0 saturated heterocycles. The van der Waals surface area contributed by atoms with Gasteiger partial charge in [-0.1, -0.05) is 44.2 Å². The Labute approximate surface area is 134 Å². The van der Waals surface area contributed by atoms with Crippen molar-refractivity contribution in [2.75, 3.05) is 0 Å². The second kappa shape index (κ2) is 8.21. The summed E-state index contributed by atoms with van der Waals surface area (Å²) in [6.07, 6.45) is 8.11. The highest BCUT2D eigenvalue weighted by Gasteiger charge is 2.20. The number of rotatable bonds is 4. The zero-order valence-electron chi connectivity index (χ0n) is 14.2. The van der Waals surface area contributed by atoms with E-state index in [1.165, 1.54) is 37.7 Å². The molecule has 1 saturated carbocycles. The average molecular weight is 303 g/mol. The van der Waals surface area contributed by atoms with E-state index in [0.29, 0.717) is 6.04 Å². The molecule has 3 heteroatoms. The van der Waals surface area contributed by atoms with Crippen LogP contribution in [0.25, 0.3) is 0 Å². The fourth-order valence-electron chi connectivity index (χ4n) is 3.01. The highest BCUT2D eigenvalue weighted by molar-refractivity contribution is 5.81. The van der Waals surface area contributed by atoms with Gasteiger partial charge in [0.15, 0.2) is 6.10 Å². The van der Waals surface area contributed by atoms with Gasteiger partial charge in [0.05, 0.1) is 0 Å². The van der Waals surface area contributed by atoms with E-state index in [0.717, 1.165) is 24.2 Å². The second-order valence-corrected chi connectivity index (χ2v) is 6.51. The normalized spacial score (nSPS) is 18.1. The summed E-state index contributed by atoms with van der Waals surface area (Å²) in [7, 11) is 0. The van der Waals surface area contributed by atoms with Gasteiger partial charge in [-0.25, -0.2) is 0 Å². The first kappa shape index (κ1) is 16.9. The monoisotopic (exact) mass is 303 g/mol. The smallest absolute Gasteiger partial charge is 0.260 e. The maximum absolute atomic E-state index is 12.4. The summed E-state index contributed by atoms with van der Waals surface area (Å²) in [4.78, 5) is 12.4. The molecule has 3 nitrogen and oxygen atoms in total. The van der Waals surface area contributed by atoms with Gasteiger partial charge in [-0.2, -0.15) is 0 Å². The largest absolute Gasteiger partial charge is 0.481 e. The van der Waals surface area contributed by atoms with Crippen molar-refractivity contribution < 1.29 is 9.53 Å². The molecule has 1 amide bonds. The number of hydrogen-bond donors (Lipinski definition) is 1. The first-order chi connectivity index (χ1) is 10.6. The number of nitrogens with one attached hydrogen (secondary N) is 1. The van der Waals surface area contributed by atoms with Crippen molar-refractivity contribution in [2.24, 2.45) is 0 Å². The van der Waals surface area contributed by atoms with Gasteiger partial charge < -0.3 is 10.1 Å². The van der Waals surface area contributed by atoms with E-state index in [9.17, 15) is 4.79 Å². The third kappa shape index (κ3) is 4.75. The van der Waals surface area contributed by atoms with Crippen LogP contribution in [0.3, 0.4) is 0 Å². The highest BCUT2D eigenvalue weighted by atomic mass is 16.5. The Morgan fingerprint density at radius 2 is 1.77 bits per heavy atom. The van der Waals surface area contributed by atoms with E-state index in [4.69, 9.17) is 4.74 Å². The lowest BCUT2D eigenvalue weighted by atomic mass is 9.96. The fourth-order valence-corrected chi connectivity index (χ4v) is 3.01. The van der Waals surface area contributed by atoms with Crippen LogP contribution < -0.4 is 10.1 Å². The lowest BCUT2D eigenvalue weighted by Gasteiger charge is -2.23. The summed E-state index contributed by atoms with van der Waals surface area (Å²) in [6.45, 7) is 5.92. The summed E-state index contributed by atoms with van der Waals surface area (Å²) in [5.74, 6) is 0.812. The van der Waals surface area contributed by atoms with Gasteiger partial charge in [0, 0.05) is 6.04 Å². The molecule has 0 aromatic heterocycles. The maximum atomic E-state index is 12.4. The number of carbonyl (C=O) groups excluding carboxylic acids is 1. The van der Waals surface area contributed by atoms with Crippen molar-refractivity contribution in [1.29, 1.82) is 0 Å². The molecule has 1 fully saturated rings. The van der Waals surface area contributed by atoms with E-state index in [2.05, 4.69) is 18.3 Å². The molecule has 1 aromatic carbocycles. The molecule has 0 unspecified atom stereocenters. The van der Waals surface area contributed by atoms with Crippen LogP contribution in [0.5, 0.6) is 5.75 Å². The van der Waals surface area contributed by atoms with Gasteiger partial charge in [-0.15, -0.1) is 0 Å². The van der Waals surface area contributed by atoms with Crippen molar-refractivity contribution >= 4 is 5.91 Å². The fraction of sp³-hybridized carbons (Fsp3) is 0.632. The van der Waals surface area contributed by atoms with Crippen LogP contribution in [0, 0.1) is 13.8 Å². The number of carbonyl (C=O) groups is 1. The molecule has 0 heterocycles. The van der Waals surface area contributed by atoms with E-state index in [-0.39, 0.29) is 5.91 Å². The van der Waals surface area contributed by atoms with Gasteiger partial charge in [-0.3, -0.25) is 4.79 Å². The van der Waals surface area contributed by atoms with Crippen molar-refractivity contribution in [3.63, 3.8) is 0 Å². The molecule has 0 spiro atoms. The quantitative estimate of drug-likeness (QED) is 0.900. The van der Waals surface area contributed by atoms with Gasteiger partial charge >= 0.3 is 0 Å². The number of aryl methyl sites for hydroxylation is 1. The van der Waals surface area contributed by atoms with Gasteiger partial charge in [0.25, 0.3) is 5.91 Å². The number of benzene rings is 1. The number of amides is 1. The average Bonchev–Trinajstić information content (AvgIpc) is 2.46. The van der Waals surface area contributed by atoms with Crippen molar-refractivity contribution in [3.05, 3.63) is 29.3 Å². The standard InChI is InChI=1S/C19H29NO2/c1-14-10-9-13-18(15(14)2)22-16(3)19(21)20-17-11-7-5-4-6-8-12-17/h9-10,13,16-17H,4-8,11-12H2,1-3H3,(H,20,21)/t16-/m1/s1. The molecule has 2 rings (SSSR count). The van der Waals surface area contributed by atoms with Crippen LogP contribution >= 0.6 is 0 Å². The minimum absolute atomic E-state index is 0.00600. The Hall–Kier alpha value is -1.51. The predicted molar refractivity (Wildman–Crippen MR) is 90.3 cm³/mol. The summed E-state index contributed by atoms with van der Waals surface area (Å²) >= 11 is 0. The topological polar surface area (TPSA) is 38.3 Å². The first-order valence-electron chi connectivity index (χ1n) is 8.61. The predicted octanol–water partition coefficient (Wildman–Crippen LogP) is 4.30. The number of ether oxygens (including phenoxy) is 1. The van der Waals surface area contributed by atoms with Crippen LogP contribution in [0.2, 0.25) is 0 Å². The van der Waals surface area contributed by atoms with Crippen LogP contribution in [0.15, 0.2) is 18.2 Å². The highest BCUT2D eigenvalue weighted by Crippen LogP contribution is 2.22. The lowest BCUT2D eigenvalue weighted by molar-refractivity contribution is -0.128. The minimum Gasteiger partial charge on any atom is -0.481 e. The molecular formula is C19H29NO2. The molecule has 122 valence electrons. The lowest BCUT2D eigenvalue weighted by Crippen LogP contribution is -2.42. The molecule has 1 aromatic rings. The van der Waals surface area contributed by atoms with Crippen LogP contribution in [-0.4, -0.2) is 18.1 Å². The van der Waals surface area contributed by atoms with Crippen molar-refractivity contribution in [2.45, 2.75) is 77.9 Å². The van der Waals surface area contributed by atoms with Gasteiger partial charge in [0.1, 0.15) is 5.75 Å². The molecule has 1 N–H and O–H groups in total. The van der Waals surface area contributed by atoms with Crippen LogP contribution in [0.1, 0.15) is 63.0 Å². The van der Waals surface area contributed by atoms with Crippen LogP contribution in [0.4, 0.5) is 0 Å². The van der Waals surface area contributed by atoms with Crippen molar-refractivity contribution in [3.8, 4) is 5.75 Å². The maximum Gasteiger partial charge on any atom is 0.260 e. The summed E-state index contributed by atoms with van der Waals surface area (Å²) in [6, 6.07) is 6.28. The van der Waals surface area contributed by atoms with Gasteiger partial charge in [-0.05, 0) is 50.8 Å². The second-order valence-electron chi connectivity index (χ2n) is 6.51. The Morgan fingerprint density at radius 1 is 1.14 bits per heavy atom. The molecule has 22 heavy (non-hydrogen) atoms. The molecule has 0 aliphatic heterocycles. The third-order valence-corrected chi connectivity index (χ3v) is 4.68.